The van der Waals surface area contributed by atoms with Gasteiger partial charge >= 0.3 is 0 Å². The Morgan fingerprint density at radius 1 is 0.795 bits per heavy atom. The lowest BCUT2D eigenvalue weighted by Gasteiger charge is -2.65. The van der Waals surface area contributed by atoms with Crippen LogP contribution in [0.3, 0.4) is 0 Å². The van der Waals surface area contributed by atoms with Crippen molar-refractivity contribution in [2.45, 2.75) is 149 Å². The highest BCUT2D eigenvalue weighted by Crippen LogP contribution is 2.70. The molecule has 0 heterocycles. The molecule has 9 atom stereocenters. The summed E-state index contributed by atoms with van der Waals surface area (Å²) in [5, 5.41) is 4.59. The number of oxime groups is 1. The van der Waals surface area contributed by atoms with Crippen molar-refractivity contribution in [3.05, 3.63) is 0 Å². The van der Waals surface area contributed by atoms with Crippen LogP contribution >= 0.6 is 0 Å². The number of hydrogen-bond acceptors (Lipinski definition) is 5. The minimum absolute atomic E-state index is 0.00772. The molecule has 0 N–H and O–H groups in total. The Labute approximate surface area is 243 Å². The molecule has 226 valence electrons. The Morgan fingerprint density at radius 2 is 1.44 bits per heavy atom. The Kier molecular flexibility index (Phi) is 8.69. The molecule has 4 fully saturated rings. The van der Waals surface area contributed by atoms with E-state index in [1.54, 1.807) is 7.11 Å². The van der Waals surface area contributed by atoms with Crippen molar-refractivity contribution in [2.75, 3.05) is 7.11 Å². The molecule has 0 bridgehead atoms. The van der Waals surface area contributed by atoms with Gasteiger partial charge in [0.15, 0.2) is 25.0 Å². The SMILES string of the molecule is CO/N=C(\C)[C@@]1(O[Si](C)(C)C)CC[C@H]2[C@@H]3CC[C@@H]4C[C@H](O[Si](C)(C)C)CC[C@]4(C)[C@H]3[C@@H](O[Si](C)(C)C)C[C@@]21C. The van der Waals surface area contributed by atoms with Gasteiger partial charge in [0.2, 0.25) is 0 Å². The first-order chi connectivity index (χ1) is 17.7. The number of rotatable bonds is 8. The van der Waals surface area contributed by atoms with Gasteiger partial charge in [-0.3, -0.25) is 0 Å². The second-order valence-electron chi connectivity index (χ2n) is 17.0. The molecule has 5 nitrogen and oxygen atoms in total. The number of nitrogens with zero attached hydrogens (tertiary/aromatic N) is 1. The molecular weight excluding hydrogens is 535 g/mol. The molecule has 4 aliphatic rings. The first kappa shape index (κ1) is 31.9. The molecule has 4 aliphatic carbocycles. The maximum absolute atomic E-state index is 7.31. The van der Waals surface area contributed by atoms with Crippen LogP contribution in [0.2, 0.25) is 58.9 Å². The van der Waals surface area contributed by atoms with Gasteiger partial charge in [0, 0.05) is 17.6 Å². The Morgan fingerprint density at radius 3 is 2.00 bits per heavy atom. The summed E-state index contributed by atoms with van der Waals surface area (Å²) in [6.45, 7) is 28.6. The molecule has 0 aliphatic heterocycles. The molecule has 0 amide bonds. The van der Waals surface area contributed by atoms with E-state index in [2.05, 4.69) is 84.9 Å². The lowest BCUT2D eigenvalue weighted by molar-refractivity contribution is -0.182. The second-order valence-corrected chi connectivity index (χ2v) is 30.4. The lowest BCUT2D eigenvalue weighted by Crippen LogP contribution is -2.65. The van der Waals surface area contributed by atoms with Crippen LogP contribution in [-0.4, -0.2) is 55.6 Å². The standard InChI is InChI=1S/C31H61NO4Si3/c1-22(32-33-4)31(36-39(11,12)13)19-17-26-25-15-14-23-20-24(34-37(5,6)7)16-18-29(23,2)28(25)27(21-30(26,31)3)35-38(8,9)10/h23-28H,14-21H2,1-13H3/b32-22+/t23-,24-,25+,26+,27+,28-,29+,30+,31+/m1/s1. The first-order valence-electron chi connectivity index (χ1n) is 15.9. The van der Waals surface area contributed by atoms with Crippen LogP contribution in [0.25, 0.3) is 0 Å². The third-order valence-corrected chi connectivity index (χ3v) is 14.0. The van der Waals surface area contributed by atoms with Crippen LogP contribution in [0.15, 0.2) is 5.16 Å². The third kappa shape index (κ3) is 6.08. The quantitative estimate of drug-likeness (QED) is 0.160. The summed E-state index contributed by atoms with van der Waals surface area (Å²) in [6, 6.07) is 0. The Balaban J connectivity index is 1.75. The van der Waals surface area contributed by atoms with E-state index in [1.807, 2.05) is 0 Å². The van der Waals surface area contributed by atoms with Gasteiger partial charge in [-0.15, -0.1) is 0 Å². The maximum atomic E-state index is 7.31. The number of hydrogen-bond donors (Lipinski definition) is 0. The summed E-state index contributed by atoms with van der Waals surface area (Å²) >= 11 is 0. The first-order valence-corrected chi connectivity index (χ1v) is 26.1. The predicted octanol–water partition coefficient (Wildman–Crippen LogP) is 8.69. The van der Waals surface area contributed by atoms with Crippen molar-refractivity contribution in [1.29, 1.82) is 0 Å². The highest BCUT2D eigenvalue weighted by molar-refractivity contribution is 6.70. The van der Waals surface area contributed by atoms with Crippen molar-refractivity contribution in [2.24, 2.45) is 39.7 Å². The van der Waals surface area contributed by atoms with Crippen molar-refractivity contribution < 1.29 is 18.1 Å². The van der Waals surface area contributed by atoms with Gasteiger partial charge in [-0.25, -0.2) is 0 Å². The molecule has 0 saturated heterocycles. The van der Waals surface area contributed by atoms with E-state index < -0.39 is 25.0 Å². The summed E-state index contributed by atoms with van der Waals surface area (Å²) in [7, 11) is -3.50. The van der Waals surface area contributed by atoms with Crippen molar-refractivity contribution in [1.82, 2.24) is 0 Å². The summed E-state index contributed by atoms with van der Waals surface area (Å²) in [5.41, 5.74) is 0.984. The van der Waals surface area contributed by atoms with Crippen molar-refractivity contribution in [3.8, 4) is 0 Å². The molecule has 0 aromatic carbocycles. The van der Waals surface area contributed by atoms with Crippen LogP contribution < -0.4 is 0 Å². The minimum Gasteiger partial charge on any atom is -0.415 e. The largest absolute Gasteiger partial charge is 0.415 e. The van der Waals surface area contributed by atoms with E-state index >= 15 is 0 Å². The molecule has 8 heteroatoms. The normalized spacial score (nSPS) is 43.5. The molecule has 0 aromatic rings. The molecular formula is C31H61NO4Si3. The van der Waals surface area contributed by atoms with Gasteiger partial charge in [-0.2, -0.15) is 0 Å². The Hall–Kier alpha value is 0.000649. The summed E-state index contributed by atoms with van der Waals surface area (Å²) in [4.78, 5) is 5.42. The predicted molar refractivity (Wildman–Crippen MR) is 171 cm³/mol. The maximum Gasteiger partial charge on any atom is 0.185 e. The van der Waals surface area contributed by atoms with Crippen molar-refractivity contribution in [3.63, 3.8) is 0 Å². The minimum atomic E-state index is -1.87. The Bertz CT molecular complexity index is 924. The zero-order chi connectivity index (χ0) is 29.2. The van der Waals surface area contributed by atoms with E-state index in [-0.39, 0.29) is 17.1 Å². The average Bonchev–Trinajstić information content (AvgIpc) is 3.03. The molecule has 0 radical (unpaired) electrons. The van der Waals surface area contributed by atoms with E-state index in [9.17, 15) is 0 Å². The lowest BCUT2D eigenvalue weighted by atomic mass is 9.43. The summed E-state index contributed by atoms with van der Waals surface area (Å²) in [5.74, 6) is 2.68. The highest BCUT2D eigenvalue weighted by atomic mass is 28.4. The average molecular weight is 596 g/mol. The summed E-state index contributed by atoms with van der Waals surface area (Å²) in [6.07, 6.45) is 10.5. The van der Waals surface area contributed by atoms with Gasteiger partial charge in [0.05, 0.1) is 5.71 Å². The van der Waals surface area contributed by atoms with Gasteiger partial charge in [-0.05, 0) is 146 Å². The van der Waals surface area contributed by atoms with Gasteiger partial charge in [0.25, 0.3) is 0 Å². The van der Waals surface area contributed by atoms with Crippen molar-refractivity contribution >= 4 is 30.7 Å². The molecule has 39 heavy (non-hydrogen) atoms. The fraction of sp³-hybridized carbons (Fsp3) is 0.968. The fourth-order valence-electron chi connectivity index (χ4n) is 10.0. The third-order valence-electron chi connectivity index (χ3n) is 11.0. The van der Waals surface area contributed by atoms with Gasteiger partial charge in [0.1, 0.15) is 12.7 Å². The second kappa shape index (κ2) is 10.6. The molecule has 0 aromatic heterocycles. The molecule has 0 unspecified atom stereocenters. The van der Waals surface area contributed by atoms with E-state index in [1.165, 1.54) is 38.5 Å². The molecule has 4 saturated carbocycles. The topological polar surface area (TPSA) is 49.3 Å². The van der Waals surface area contributed by atoms with E-state index in [0.717, 1.165) is 24.5 Å². The molecule has 4 rings (SSSR count). The van der Waals surface area contributed by atoms with Crippen LogP contribution in [-0.2, 0) is 18.1 Å². The fourth-order valence-corrected chi connectivity index (χ4v) is 13.9. The molecule has 0 spiro atoms. The van der Waals surface area contributed by atoms with Crippen LogP contribution in [0.1, 0.15) is 72.1 Å². The smallest absolute Gasteiger partial charge is 0.185 e. The van der Waals surface area contributed by atoms with Gasteiger partial charge in [-0.1, -0.05) is 19.0 Å². The zero-order valence-corrected chi connectivity index (χ0v) is 30.7. The van der Waals surface area contributed by atoms with Crippen LogP contribution in [0.5, 0.6) is 0 Å². The zero-order valence-electron chi connectivity index (χ0n) is 27.7. The van der Waals surface area contributed by atoms with E-state index in [0.29, 0.717) is 29.3 Å². The van der Waals surface area contributed by atoms with Crippen LogP contribution in [0, 0.1) is 34.5 Å². The highest BCUT2D eigenvalue weighted by Gasteiger charge is 2.69. The summed E-state index contributed by atoms with van der Waals surface area (Å²) < 4.78 is 21.3. The van der Waals surface area contributed by atoms with Crippen LogP contribution in [0.4, 0.5) is 0 Å². The van der Waals surface area contributed by atoms with E-state index in [4.69, 9.17) is 18.1 Å². The van der Waals surface area contributed by atoms with Gasteiger partial charge < -0.3 is 18.1 Å². The number of fused-ring (bicyclic) bond motifs is 5. The monoisotopic (exact) mass is 595 g/mol.